The molecule has 158 valence electrons. The first-order valence-electron chi connectivity index (χ1n) is 9.45. The molecule has 1 aromatic carbocycles. The Balaban J connectivity index is 1.59. The maximum atomic E-state index is 12.5. The summed E-state index contributed by atoms with van der Waals surface area (Å²) in [6, 6.07) is 6.54. The molecule has 0 unspecified atom stereocenters. The summed E-state index contributed by atoms with van der Waals surface area (Å²) in [6.07, 6.45) is 4.18. The topological polar surface area (TPSA) is 111 Å². The molecule has 0 atom stereocenters. The first-order chi connectivity index (χ1) is 14.3. The average molecular weight is 413 g/mol. The van der Waals surface area contributed by atoms with E-state index in [2.05, 4.69) is 4.90 Å². The first kappa shape index (κ1) is 21.2. The Bertz CT molecular complexity index is 1110. The van der Waals surface area contributed by atoms with Crippen LogP contribution in [0, 0.1) is 10.1 Å². The number of nitrogens with zero attached hydrogens (tertiary/aromatic N) is 5. The van der Waals surface area contributed by atoms with E-state index < -0.39 is 16.2 Å². The summed E-state index contributed by atoms with van der Waals surface area (Å²) in [4.78, 5) is 50.7. The van der Waals surface area contributed by atoms with Crippen LogP contribution in [0.25, 0.3) is 6.08 Å². The normalized spacial score (nSPS) is 14.9. The molecule has 1 fully saturated rings. The SMILES string of the molecule is Cn1cc(/C=C/C(=O)N2CCN(Cc3cccc([N+](=O)[O-])c3)CC2)c(=O)n(C)c1=O. The monoisotopic (exact) mass is 413 g/mol. The van der Waals surface area contributed by atoms with Gasteiger partial charge in [0.2, 0.25) is 5.91 Å². The molecule has 0 bridgehead atoms. The highest BCUT2D eigenvalue weighted by Gasteiger charge is 2.20. The zero-order valence-electron chi connectivity index (χ0n) is 16.9. The smallest absolute Gasteiger partial charge is 0.330 e. The van der Waals surface area contributed by atoms with E-state index >= 15 is 0 Å². The van der Waals surface area contributed by atoms with Gasteiger partial charge in [-0.15, -0.1) is 0 Å². The van der Waals surface area contributed by atoms with Crippen molar-refractivity contribution in [2.24, 2.45) is 14.1 Å². The van der Waals surface area contributed by atoms with E-state index in [0.717, 1.165) is 10.1 Å². The summed E-state index contributed by atoms with van der Waals surface area (Å²) in [7, 11) is 2.94. The summed E-state index contributed by atoms with van der Waals surface area (Å²) in [5.41, 5.74) is 0.301. The Morgan fingerprint density at radius 1 is 1.17 bits per heavy atom. The van der Waals surface area contributed by atoms with Gasteiger partial charge in [0.05, 0.1) is 10.5 Å². The third-order valence-electron chi connectivity index (χ3n) is 5.09. The van der Waals surface area contributed by atoms with Crippen molar-refractivity contribution in [3.05, 3.63) is 78.6 Å². The largest absolute Gasteiger partial charge is 0.337 e. The Morgan fingerprint density at radius 2 is 1.87 bits per heavy atom. The molecule has 30 heavy (non-hydrogen) atoms. The van der Waals surface area contributed by atoms with Crippen molar-refractivity contribution in [1.82, 2.24) is 18.9 Å². The summed E-state index contributed by atoms with van der Waals surface area (Å²) in [5.74, 6) is -0.207. The number of aromatic nitrogens is 2. The Kier molecular flexibility index (Phi) is 6.26. The molecule has 0 saturated carbocycles. The Hall–Kier alpha value is -3.53. The van der Waals surface area contributed by atoms with Crippen molar-refractivity contribution in [1.29, 1.82) is 0 Å². The molecule has 3 rings (SSSR count). The Labute approximate surface area is 172 Å². The molecule has 2 heterocycles. The van der Waals surface area contributed by atoms with Gasteiger partial charge in [-0.2, -0.15) is 0 Å². The minimum atomic E-state index is -0.455. The fourth-order valence-corrected chi connectivity index (χ4v) is 3.37. The Morgan fingerprint density at radius 3 is 2.53 bits per heavy atom. The van der Waals surface area contributed by atoms with E-state index in [1.54, 1.807) is 24.1 Å². The van der Waals surface area contributed by atoms with Gasteiger partial charge in [0.15, 0.2) is 0 Å². The van der Waals surface area contributed by atoms with Gasteiger partial charge in [-0.3, -0.25) is 29.2 Å². The second kappa shape index (κ2) is 8.87. The van der Waals surface area contributed by atoms with Crippen LogP contribution in [-0.4, -0.2) is 55.9 Å². The van der Waals surface area contributed by atoms with Crippen LogP contribution in [-0.2, 0) is 25.4 Å². The molecule has 1 aromatic heterocycles. The summed E-state index contributed by atoms with van der Waals surface area (Å²) in [5, 5.41) is 10.9. The van der Waals surface area contributed by atoms with E-state index in [1.165, 1.54) is 36.0 Å². The van der Waals surface area contributed by atoms with E-state index in [9.17, 15) is 24.5 Å². The van der Waals surface area contributed by atoms with Crippen molar-refractivity contribution >= 4 is 17.7 Å². The molecule has 10 nitrogen and oxygen atoms in total. The van der Waals surface area contributed by atoms with Gasteiger partial charge in [-0.1, -0.05) is 12.1 Å². The fourth-order valence-electron chi connectivity index (χ4n) is 3.37. The van der Waals surface area contributed by atoms with Crippen molar-refractivity contribution in [2.45, 2.75) is 6.54 Å². The van der Waals surface area contributed by atoms with Gasteiger partial charge in [-0.25, -0.2) is 4.79 Å². The summed E-state index contributed by atoms with van der Waals surface area (Å²) < 4.78 is 2.29. The molecule has 1 amide bonds. The highest BCUT2D eigenvalue weighted by molar-refractivity contribution is 5.91. The highest BCUT2D eigenvalue weighted by Crippen LogP contribution is 2.16. The quantitative estimate of drug-likeness (QED) is 0.397. The molecule has 1 aliphatic rings. The van der Waals surface area contributed by atoms with Crippen LogP contribution in [0.4, 0.5) is 5.69 Å². The van der Waals surface area contributed by atoms with Gasteiger partial charge >= 0.3 is 5.69 Å². The lowest BCUT2D eigenvalue weighted by molar-refractivity contribution is -0.384. The van der Waals surface area contributed by atoms with Gasteiger partial charge in [-0.05, 0) is 11.6 Å². The van der Waals surface area contributed by atoms with Crippen molar-refractivity contribution in [2.75, 3.05) is 26.2 Å². The lowest BCUT2D eigenvalue weighted by atomic mass is 10.1. The van der Waals surface area contributed by atoms with E-state index in [0.29, 0.717) is 32.7 Å². The molecular formula is C20H23N5O5. The third-order valence-corrected chi connectivity index (χ3v) is 5.09. The summed E-state index contributed by atoms with van der Waals surface area (Å²) in [6.45, 7) is 2.90. The molecule has 0 aliphatic carbocycles. The maximum Gasteiger partial charge on any atom is 0.330 e. The van der Waals surface area contributed by atoms with Gasteiger partial charge < -0.3 is 9.47 Å². The molecule has 0 spiro atoms. The third kappa shape index (κ3) is 4.71. The maximum absolute atomic E-state index is 12.5. The van der Waals surface area contributed by atoms with Crippen molar-refractivity contribution in [3.8, 4) is 0 Å². The number of nitro groups is 1. The molecule has 2 aromatic rings. The number of non-ortho nitro benzene ring substituents is 1. The first-order valence-corrected chi connectivity index (χ1v) is 9.45. The highest BCUT2D eigenvalue weighted by atomic mass is 16.6. The minimum absolute atomic E-state index is 0.0657. The van der Waals surface area contributed by atoms with Crippen molar-refractivity contribution < 1.29 is 9.72 Å². The van der Waals surface area contributed by atoms with Crippen molar-refractivity contribution in [3.63, 3.8) is 0 Å². The predicted octanol–water partition coefficient (Wildman–Crippen LogP) is 0.350. The summed E-state index contributed by atoms with van der Waals surface area (Å²) >= 11 is 0. The second-order valence-electron chi connectivity index (χ2n) is 7.20. The van der Waals surface area contributed by atoms with Crippen LogP contribution in [0.5, 0.6) is 0 Å². The molecule has 10 heteroatoms. The number of rotatable bonds is 5. The molecule has 1 saturated heterocycles. The zero-order valence-corrected chi connectivity index (χ0v) is 16.9. The number of amides is 1. The fraction of sp³-hybridized carbons (Fsp3) is 0.350. The predicted molar refractivity (Wildman–Crippen MR) is 111 cm³/mol. The van der Waals surface area contributed by atoms with Crippen LogP contribution in [0.15, 0.2) is 46.1 Å². The minimum Gasteiger partial charge on any atom is -0.337 e. The number of aryl methyl sites for hydroxylation is 1. The number of benzene rings is 1. The average Bonchev–Trinajstić information content (AvgIpc) is 2.74. The number of carbonyl (C=O) groups excluding carboxylic acids is 1. The number of hydrogen-bond donors (Lipinski definition) is 0. The van der Waals surface area contributed by atoms with Crippen LogP contribution in [0.3, 0.4) is 0 Å². The second-order valence-corrected chi connectivity index (χ2v) is 7.20. The number of nitro benzene ring substituents is 1. The lowest BCUT2D eigenvalue weighted by Crippen LogP contribution is -2.47. The van der Waals surface area contributed by atoms with Gasteiger partial charge in [0.1, 0.15) is 0 Å². The lowest BCUT2D eigenvalue weighted by Gasteiger charge is -2.34. The number of carbonyl (C=O) groups is 1. The van der Waals surface area contributed by atoms with Crippen LogP contribution in [0.1, 0.15) is 11.1 Å². The number of hydrogen-bond acceptors (Lipinski definition) is 6. The molecular weight excluding hydrogens is 390 g/mol. The number of piperazine rings is 1. The van der Waals surface area contributed by atoms with Crippen LogP contribution < -0.4 is 11.2 Å². The molecule has 0 radical (unpaired) electrons. The van der Waals surface area contributed by atoms with E-state index in [1.807, 2.05) is 6.07 Å². The van der Waals surface area contributed by atoms with E-state index in [4.69, 9.17) is 0 Å². The van der Waals surface area contributed by atoms with Crippen LogP contribution in [0.2, 0.25) is 0 Å². The van der Waals surface area contributed by atoms with Gasteiger partial charge in [0.25, 0.3) is 11.2 Å². The standard InChI is InChI=1S/C20H23N5O5/c1-21-14-16(19(27)22(2)20(21)28)6-7-18(26)24-10-8-23(9-11-24)13-15-4-3-5-17(12-15)25(29)30/h3-7,12,14H,8-11,13H2,1-2H3/b7-6+. The van der Waals surface area contributed by atoms with E-state index in [-0.39, 0.29) is 17.2 Å². The van der Waals surface area contributed by atoms with Gasteiger partial charge in [0, 0.05) is 71.2 Å². The van der Waals surface area contributed by atoms with Crippen LogP contribution >= 0.6 is 0 Å². The zero-order chi connectivity index (χ0) is 21.8. The molecule has 1 aliphatic heterocycles. The molecule has 0 N–H and O–H groups in total.